The maximum absolute atomic E-state index is 11.9. The number of aliphatic hydroxyl groups excluding tert-OH is 1. The summed E-state index contributed by atoms with van der Waals surface area (Å²) in [5.74, 6) is 0. The molecule has 1 aromatic rings. The van der Waals surface area contributed by atoms with E-state index in [0.717, 1.165) is 0 Å². The van der Waals surface area contributed by atoms with Crippen LogP contribution in [0.15, 0.2) is 24.3 Å². The first-order valence-corrected chi connectivity index (χ1v) is 6.67. The molecule has 0 aliphatic heterocycles. The third-order valence-electron chi connectivity index (χ3n) is 2.80. The van der Waals surface area contributed by atoms with Gasteiger partial charge in [0, 0.05) is 18.7 Å². The number of benzene rings is 1. The lowest BCUT2D eigenvalue weighted by Crippen LogP contribution is -2.29. The lowest BCUT2D eigenvalue weighted by atomic mass is 10.1. The maximum Gasteiger partial charge on any atom is 0.389 e. The molecule has 0 radical (unpaired) electrons. The third-order valence-corrected chi connectivity index (χ3v) is 2.80. The first-order chi connectivity index (χ1) is 9.78. The van der Waals surface area contributed by atoms with E-state index in [-0.39, 0.29) is 19.4 Å². The van der Waals surface area contributed by atoms with Crippen LogP contribution in [0, 0.1) is 0 Å². The van der Waals surface area contributed by atoms with Crippen molar-refractivity contribution in [3.63, 3.8) is 0 Å². The highest BCUT2D eigenvalue weighted by Gasteiger charge is 2.25. The van der Waals surface area contributed by atoms with E-state index < -0.39 is 24.7 Å². The van der Waals surface area contributed by atoms with Gasteiger partial charge in [-0.3, -0.25) is 0 Å². The zero-order valence-corrected chi connectivity index (χ0v) is 11.7. The van der Waals surface area contributed by atoms with E-state index in [4.69, 9.17) is 0 Å². The van der Waals surface area contributed by atoms with Gasteiger partial charge in [0.15, 0.2) is 0 Å². The highest BCUT2D eigenvalue weighted by atomic mass is 19.4. The van der Waals surface area contributed by atoms with E-state index in [2.05, 4.69) is 10.6 Å². The van der Waals surface area contributed by atoms with Crippen molar-refractivity contribution in [1.82, 2.24) is 5.32 Å². The Morgan fingerprint density at radius 1 is 1.33 bits per heavy atom. The Labute approximate surface area is 121 Å². The number of hydrogen-bond acceptors (Lipinski definition) is 2. The summed E-state index contributed by atoms with van der Waals surface area (Å²) in [7, 11) is 0. The van der Waals surface area contributed by atoms with Gasteiger partial charge in [-0.1, -0.05) is 12.1 Å². The van der Waals surface area contributed by atoms with E-state index in [0.29, 0.717) is 11.3 Å². The van der Waals surface area contributed by atoms with Crippen molar-refractivity contribution in [3.05, 3.63) is 29.8 Å². The molecule has 0 heterocycles. The quantitative estimate of drug-likeness (QED) is 0.703. The molecule has 0 spiro atoms. The van der Waals surface area contributed by atoms with Gasteiger partial charge in [0.25, 0.3) is 0 Å². The summed E-state index contributed by atoms with van der Waals surface area (Å²) in [6.45, 7) is 1.79. The molecule has 0 bridgehead atoms. The van der Waals surface area contributed by atoms with Crippen LogP contribution in [0.5, 0.6) is 0 Å². The van der Waals surface area contributed by atoms with Crippen LogP contribution in [-0.4, -0.2) is 23.9 Å². The number of unbranched alkanes of at least 4 members (excludes halogenated alkanes) is 1. The normalized spacial score (nSPS) is 12.8. The minimum Gasteiger partial charge on any atom is -0.389 e. The summed E-state index contributed by atoms with van der Waals surface area (Å²) in [4.78, 5) is 11.5. The van der Waals surface area contributed by atoms with Gasteiger partial charge in [-0.05, 0) is 37.5 Å². The molecule has 4 nitrogen and oxygen atoms in total. The second kappa shape index (κ2) is 7.87. The Bertz CT molecular complexity index is 462. The zero-order chi connectivity index (χ0) is 15.9. The molecule has 1 atom stereocenters. The number of alkyl halides is 3. The van der Waals surface area contributed by atoms with Crippen molar-refractivity contribution in [1.29, 1.82) is 0 Å². The number of anilines is 1. The molecule has 0 aliphatic carbocycles. The molecule has 0 saturated heterocycles. The van der Waals surface area contributed by atoms with Gasteiger partial charge in [0.1, 0.15) is 0 Å². The standard InChI is InChI=1S/C14H19F3N2O2/c1-10(20)11-5-4-6-12(9-11)19-13(21)18-8-3-2-7-14(15,16)17/h4-6,9-10,20H,2-3,7-8H2,1H3,(H2,18,19,21). The third kappa shape index (κ3) is 7.55. The number of rotatable bonds is 6. The van der Waals surface area contributed by atoms with Gasteiger partial charge in [-0.25, -0.2) is 4.79 Å². The van der Waals surface area contributed by atoms with Crippen molar-refractivity contribution >= 4 is 11.7 Å². The van der Waals surface area contributed by atoms with Crippen molar-refractivity contribution in [2.45, 2.75) is 38.5 Å². The van der Waals surface area contributed by atoms with Gasteiger partial charge in [0.2, 0.25) is 0 Å². The van der Waals surface area contributed by atoms with Crippen molar-refractivity contribution in [2.24, 2.45) is 0 Å². The molecule has 1 rings (SSSR count). The largest absolute Gasteiger partial charge is 0.389 e. The van der Waals surface area contributed by atoms with Crippen LogP contribution in [0.4, 0.5) is 23.7 Å². The Hall–Kier alpha value is -1.76. The topological polar surface area (TPSA) is 61.4 Å². The SMILES string of the molecule is CC(O)c1cccc(NC(=O)NCCCCC(F)(F)F)c1. The van der Waals surface area contributed by atoms with Gasteiger partial charge in [-0.2, -0.15) is 13.2 Å². The number of carbonyl (C=O) groups is 1. The van der Waals surface area contributed by atoms with Gasteiger partial charge in [-0.15, -0.1) is 0 Å². The Balaban J connectivity index is 2.29. The number of hydrogen-bond donors (Lipinski definition) is 3. The van der Waals surface area contributed by atoms with E-state index in [9.17, 15) is 23.1 Å². The summed E-state index contributed by atoms with van der Waals surface area (Å²) in [6, 6.07) is 6.24. The molecule has 7 heteroatoms. The molecule has 0 aliphatic rings. The predicted molar refractivity (Wildman–Crippen MR) is 74.0 cm³/mol. The first-order valence-electron chi connectivity index (χ1n) is 6.67. The summed E-state index contributed by atoms with van der Waals surface area (Å²) in [5.41, 5.74) is 1.18. The number of aliphatic hydroxyl groups is 1. The molecule has 1 aromatic carbocycles. The Morgan fingerprint density at radius 2 is 2.05 bits per heavy atom. The predicted octanol–water partition coefficient (Wildman–Crippen LogP) is 3.59. The van der Waals surface area contributed by atoms with E-state index in [1.807, 2.05) is 0 Å². The number of carbonyl (C=O) groups excluding carboxylic acids is 1. The van der Waals surface area contributed by atoms with Crippen molar-refractivity contribution in [3.8, 4) is 0 Å². The molecule has 1 unspecified atom stereocenters. The minimum atomic E-state index is -4.15. The minimum absolute atomic E-state index is 0.0126. The van der Waals surface area contributed by atoms with Crippen molar-refractivity contribution < 1.29 is 23.1 Å². The van der Waals surface area contributed by atoms with Crippen LogP contribution in [0.3, 0.4) is 0 Å². The van der Waals surface area contributed by atoms with Crippen LogP contribution in [-0.2, 0) is 0 Å². The molecule has 0 saturated carbocycles. The van der Waals surface area contributed by atoms with Crippen LogP contribution in [0.1, 0.15) is 37.9 Å². The van der Waals surface area contributed by atoms with E-state index in [1.165, 1.54) is 0 Å². The second-order valence-electron chi connectivity index (χ2n) is 4.75. The Morgan fingerprint density at radius 3 is 2.67 bits per heavy atom. The fraction of sp³-hybridized carbons (Fsp3) is 0.500. The molecule has 3 N–H and O–H groups in total. The van der Waals surface area contributed by atoms with Gasteiger partial charge >= 0.3 is 12.2 Å². The summed E-state index contributed by atoms with van der Waals surface area (Å²) in [5, 5.41) is 14.5. The molecule has 2 amide bonds. The lowest BCUT2D eigenvalue weighted by molar-refractivity contribution is -0.135. The number of nitrogens with one attached hydrogen (secondary N) is 2. The average Bonchev–Trinajstić information content (AvgIpc) is 2.37. The molecule has 0 fully saturated rings. The van der Waals surface area contributed by atoms with Crippen LogP contribution in [0.25, 0.3) is 0 Å². The van der Waals surface area contributed by atoms with E-state index in [1.54, 1.807) is 31.2 Å². The summed E-state index contributed by atoms with van der Waals surface area (Å²) >= 11 is 0. The highest BCUT2D eigenvalue weighted by molar-refractivity contribution is 5.89. The Kier molecular flexibility index (Phi) is 6.48. The van der Waals surface area contributed by atoms with Gasteiger partial charge < -0.3 is 15.7 Å². The van der Waals surface area contributed by atoms with Gasteiger partial charge in [0.05, 0.1) is 6.10 Å². The molecule has 21 heavy (non-hydrogen) atoms. The summed E-state index contributed by atoms with van der Waals surface area (Å²) < 4.78 is 35.7. The smallest absolute Gasteiger partial charge is 0.389 e. The second-order valence-corrected chi connectivity index (χ2v) is 4.75. The highest BCUT2D eigenvalue weighted by Crippen LogP contribution is 2.21. The van der Waals surface area contributed by atoms with Crippen molar-refractivity contribution in [2.75, 3.05) is 11.9 Å². The fourth-order valence-corrected chi connectivity index (χ4v) is 1.70. The summed E-state index contributed by atoms with van der Waals surface area (Å²) in [6.07, 6.45) is -5.38. The molecular weight excluding hydrogens is 285 g/mol. The average molecular weight is 304 g/mol. The maximum atomic E-state index is 11.9. The fourth-order valence-electron chi connectivity index (χ4n) is 1.70. The zero-order valence-electron chi connectivity index (χ0n) is 11.7. The molecular formula is C14H19F3N2O2. The molecule has 118 valence electrons. The lowest BCUT2D eigenvalue weighted by Gasteiger charge is -2.10. The first kappa shape index (κ1) is 17.3. The van der Waals surface area contributed by atoms with Crippen LogP contribution >= 0.6 is 0 Å². The molecule has 0 aromatic heterocycles. The number of amides is 2. The van der Waals surface area contributed by atoms with E-state index >= 15 is 0 Å². The number of halogens is 3. The van der Waals surface area contributed by atoms with Crippen LogP contribution in [0.2, 0.25) is 0 Å². The monoisotopic (exact) mass is 304 g/mol. The van der Waals surface area contributed by atoms with Crippen LogP contribution < -0.4 is 10.6 Å². The number of urea groups is 1.